The number of hydrogen-bond donors (Lipinski definition) is 2. The van der Waals surface area contributed by atoms with Gasteiger partial charge < -0.3 is 10.2 Å². The topological polar surface area (TPSA) is 160 Å². The summed E-state index contributed by atoms with van der Waals surface area (Å²) in [6.45, 7) is 10.9. The number of carbonyl (C=O) groups is 7. The lowest BCUT2D eigenvalue weighted by Crippen LogP contribution is -2.80. The molecule has 238 valence electrons. The monoisotopic (exact) mass is 608 g/mol. The average molecular weight is 609 g/mol. The van der Waals surface area contributed by atoms with Crippen LogP contribution in [0.5, 0.6) is 5.75 Å². The molecule has 9 nitrogen and oxygen atoms in total. The predicted octanol–water partition coefficient (Wildman–Crippen LogP) is 4.38. The number of rotatable bonds is 10. The van der Waals surface area contributed by atoms with E-state index in [0.29, 0.717) is 18.4 Å². The quantitative estimate of drug-likeness (QED) is 0.290. The maximum Gasteiger partial charge on any atom is 0.190 e. The lowest BCUT2D eigenvalue weighted by Gasteiger charge is -2.67. The molecule has 3 aliphatic carbocycles. The van der Waals surface area contributed by atoms with E-state index in [2.05, 4.69) is 0 Å². The molecule has 0 aliphatic heterocycles. The number of carbonyl (C=O) groups excluding carboxylic acids is 7. The highest BCUT2D eigenvalue weighted by molar-refractivity contribution is 6.33. The Morgan fingerprint density at radius 3 is 2.16 bits per heavy atom. The third kappa shape index (κ3) is 4.48. The summed E-state index contributed by atoms with van der Waals surface area (Å²) in [5.41, 5.74) is -5.80. The van der Waals surface area contributed by atoms with Gasteiger partial charge in [0.1, 0.15) is 29.0 Å². The number of benzene rings is 1. The highest BCUT2D eigenvalue weighted by Crippen LogP contribution is 2.70. The van der Waals surface area contributed by atoms with Gasteiger partial charge in [0.15, 0.2) is 28.7 Å². The van der Waals surface area contributed by atoms with Crippen molar-refractivity contribution in [1.82, 2.24) is 0 Å². The molecule has 0 radical (unpaired) electrons. The van der Waals surface area contributed by atoms with Crippen LogP contribution < -0.4 is 0 Å². The summed E-state index contributed by atoms with van der Waals surface area (Å²) < 4.78 is 0. The van der Waals surface area contributed by atoms with Crippen LogP contribution in [0, 0.1) is 40.4 Å². The second-order valence-electron chi connectivity index (χ2n) is 14.0. The Hall–Kier alpha value is -3.33. The molecule has 0 bridgehead atoms. The van der Waals surface area contributed by atoms with E-state index in [-0.39, 0.29) is 17.7 Å². The zero-order valence-electron chi connectivity index (χ0n) is 26.7. The summed E-state index contributed by atoms with van der Waals surface area (Å²) in [4.78, 5) is 96.0. The number of phenolic OH excluding ortho intramolecular Hbond substituents is 1. The summed E-state index contributed by atoms with van der Waals surface area (Å²) in [6.07, 6.45) is 2.05. The Bertz CT molecular complexity index is 1460. The largest absolute Gasteiger partial charge is 0.507 e. The molecule has 2 saturated carbocycles. The van der Waals surface area contributed by atoms with E-state index in [4.69, 9.17) is 0 Å². The summed E-state index contributed by atoms with van der Waals surface area (Å²) in [5.74, 6) is -12.9. The Kier molecular flexibility index (Phi) is 8.81. The third-order valence-corrected chi connectivity index (χ3v) is 11.1. The van der Waals surface area contributed by atoms with Crippen LogP contribution in [0.4, 0.5) is 0 Å². The third-order valence-electron chi connectivity index (χ3n) is 11.1. The molecular formula is C35H44O9. The van der Waals surface area contributed by atoms with Gasteiger partial charge in [0.2, 0.25) is 0 Å². The van der Waals surface area contributed by atoms with Gasteiger partial charge >= 0.3 is 0 Å². The first-order valence-corrected chi connectivity index (χ1v) is 15.7. The van der Waals surface area contributed by atoms with Gasteiger partial charge in [-0.05, 0) is 55.1 Å². The zero-order chi connectivity index (χ0) is 33.1. The van der Waals surface area contributed by atoms with Crippen LogP contribution >= 0.6 is 0 Å². The average Bonchev–Trinajstić information content (AvgIpc) is 2.90. The first-order valence-electron chi connectivity index (χ1n) is 15.7. The van der Waals surface area contributed by atoms with Gasteiger partial charge in [-0.1, -0.05) is 66.0 Å². The summed E-state index contributed by atoms with van der Waals surface area (Å²) in [7, 11) is 0. The van der Waals surface area contributed by atoms with Crippen molar-refractivity contribution in [2.24, 2.45) is 40.4 Å². The molecule has 9 heteroatoms. The van der Waals surface area contributed by atoms with Gasteiger partial charge in [0, 0.05) is 17.8 Å². The number of hydrogen-bond acceptors (Lipinski definition) is 9. The molecule has 3 aliphatic rings. The number of Topliss-reactive ketones (excluding diaryl/α,β-unsaturated/α-hetero) is 7. The Morgan fingerprint density at radius 2 is 1.61 bits per heavy atom. The van der Waals surface area contributed by atoms with Gasteiger partial charge in [-0.25, -0.2) is 0 Å². The molecule has 2 N–H and O–H groups in total. The van der Waals surface area contributed by atoms with Crippen molar-refractivity contribution < 1.29 is 43.8 Å². The molecule has 0 spiro atoms. The number of unbranched alkanes of at least 4 members (excludes halogenated alkanes) is 2. The summed E-state index contributed by atoms with van der Waals surface area (Å²) in [6, 6.07) is 4.67. The normalized spacial score (nSPS) is 34.8. The molecule has 4 rings (SSSR count). The van der Waals surface area contributed by atoms with Crippen molar-refractivity contribution in [2.45, 2.75) is 98.5 Å². The number of aromatic hydroxyl groups is 1. The highest BCUT2D eigenvalue weighted by Gasteiger charge is 2.80. The standard InChI is InChI=1S/C35H44O9/c1-8-9-10-13-22-21-12-11-14-23(39)26(21)30(41)28-32(43)35(44)31(42)25(19(5)37)29(40)27(17(2)3)34(35,7)24(33(22,28)6)16-20(38)15-18(4)36/h11-12,14,17,22,24-25,27-28,39,44H,8-10,13,15-16H2,1-7H3/t22?,24-,25?,27?,28?,33-,34-,35+/m1/s1. The van der Waals surface area contributed by atoms with Gasteiger partial charge in [-0.15, -0.1) is 0 Å². The van der Waals surface area contributed by atoms with Crippen LogP contribution in [-0.4, -0.2) is 56.3 Å². The SMILES string of the molecule is CCCCCC1c2cccc(O)c2C(=O)C2C(=O)[C@@]3(O)C(=O)C(C(C)=O)C(=O)C(C(C)C)[C@@]3(C)[C@H](CC(=O)CC(C)=O)[C@]21C. The molecule has 1 aromatic carbocycles. The van der Waals surface area contributed by atoms with E-state index in [9.17, 15) is 43.8 Å². The highest BCUT2D eigenvalue weighted by atomic mass is 16.3. The van der Waals surface area contributed by atoms with Crippen molar-refractivity contribution in [2.75, 3.05) is 0 Å². The molecule has 2 fully saturated rings. The maximum absolute atomic E-state index is 14.9. The fourth-order valence-corrected chi connectivity index (χ4v) is 9.42. The first kappa shape index (κ1) is 33.6. The van der Waals surface area contributed by atoms with Crippen molar-refractivity contribution in [3.63, 3.8) is 0 Å². The smallest absolute Gasteiger partial charge is 0.190 e. The minimum absolute atomic E-state index is 0.0614. The fourth-order valence-electron chi connectivity index (χ4n) is 9.42. The molecule has 0 aromatic heterocycles. The molecule has 0 saturated heterocycles. The summed E-state index contributed by atoms with van der Waals surface area (Å²) in [5, 5.41) is 23.5. The van der Waals surface area contributed by atoms with E-state index in [0.717, 1.165) is 19.8 Å². The van der Waals surface area contributed by atoms with Gasteiger partial charge in [0.05, 0.1) is 17.9 Å². The predicted molar refractivity (Wildman–Crippen MR) is 160 cm³/mol. The molecule has 8 atom stereocenters. The number of phenols is 1. The van der Waals surface area contributed by atoms with Crippen molar-refractivity contribution in [1.29, 1.82) is 0 Å². The second kappa shape index (κ2) is 11.5. The van der Waals surface area contributed by atoms with Crippen molar-refractivity contribution in [3.8, 4) is 5.75 Å². The van der Waals surface area contributed by atoms with E-state index in [1.807, 2.05) is 6.92 Å². The first-order chi connectivity index (χ1) is 20.4. The minimum atomic E-state index is -2.96. The van der Waals surface area contributed by atoms with E-state index >= 15 is 0 Å². The van der Waals surface area contributed by atoms with E-state index in [1.54, 1.807) is 32.9 Å². The zero-order valence-corrected chi connectivity index (χ0v) is 26.7. The van der Waals surface area contributed by atoms with Crippen LogP contribution in [0.1, 0.15) is 109 Å². The van der Waals surface area contributed by atoms with Crippen LogP contribution in [0.25, 0.3) is 0 Å². The summed E-state index contributed by atoms with van der Waals surface area (Å²) >= 11 is 0. The van der Waals surface area contributed by atoms with Gasteiger partial charge in [-0.2, -0.15) is 0 Å². The van der Waals surface area contributed by atoms with Crippen LogP contribution in [-0.2, 0) is 28.8 Å². The van der Waals surface area contributed by atoms with Crippen molar-refractivity contribution >= 4 is 40.5 Å². The maximum atomic E-state index is 14.9. The van der Waals surface area contributed by atoms with Crippen LogP contribution in [0.3, 0.4) is 0 Å². The van der Waals surface area contributed by atoms with Gasteiger partial charge in [0.25, 0.3) is 0 Å². The molecule has 0 heterocycles. The molecule has 44 heavy (non-hydrogen) atoms. The van der Waals surface area contributed by atoms with E-state index in [1.165, 1.54) is 19.9 Å². The number of ketones is 7. The molecular weight excluding hydrogens is 564 g/mol. The lowest BCUT2D eigenvalue weighted by molar-refractivity contribution is -0.226. The van der Waals surface area contributed by atoms with Crippen molar-refractivity contribution in [3.05, 3.63) is 29.3 Å². The number of fused-ring (bicyclic) bond motifs is 3. The second-order valence-corrected chi connectivity index (χ2v) is 14.0. The van der Waals surface area contributed by atoms with Crippen LogP contribution in [0.2, 0.25) is 0 Å². The lowest BCUT2D eigenvalue weighted by atomic mass is 9.33. The molecule has 0 amide bonds. The minimum Gasteiger partial charge on any atom is -0.507 e. The Labute approximate surface area is 258 Å². The van der Waals surface area contributed by atoms with E-state index < -0.39 is 98.8 Å². The van der Waals surface area contributed by atoms with Gasteiger partial charge in [-0.3, -0.25) is 33.6 Å². The fraction of sp³-hybridized carbons (Fsp3) is 0.629. The molecule has 4 unspecified atom stereocenters. The van der Waals surface area contributed by atoms with Crippen LogP contribution in [0.15, 0.2) is 18.2 Å². The Morgan fingerprint density at radius 1 is 0.977 bits per heavy atom. The number of aliphatic hydroxyl groups is 1. The molecule has 1 aromatic rings. The Balaban J connectivity index is 2.14.